The highest BCUT2D eigenvalue weighted by atomic mass is 16.7. The van der Waals surface area contributed by atoms with Gasteiger partial charge in [-0.3, -0.25) is 9.59 Å². The number of nitrogens with zero attached hydrogens (tertiary/aromatic N) is 2. The lowest BCUT2D eigenvalue weighted by Crippen LogP contribution is -2.35. The number of phenols is 1. The molecule has 2 aromatic rings. The molecule has 0 fully saturated rings. The van der Waals surface area contributed by atoms with Crippen molar-refractivity contribution >= 4 is 5.78 Å². The van der Waals surface area contributed by atoms with Gasteiger partial charge in [0.15, 0.2) is 5.69 Å². The summed E-state index contributed by atoms with van der Waals surface area (Å²) in [4.78, 5) is 34.7. The predicted octanol–water partition coefficient (Wildman–Crippen LogP) is 1.76. The van der Waals surface area contributed by atoms with E-state index in [2.05, 4.69) is 4.98 Å². The Balaban J connectivity index is 2.68. The fourth-order valence-corrected chi connectivity index (χ4v) is 2.27. The average molecular weight is 332 g/mol. The lowest BCUT2D eigenvalue weighted by Gasteiger charge is -2.16. The lowest BCUT2D eigenvalue weighted by molar-refractivity contribution is 0.0946. The second-order valence-corrected chi connectivity index (χ2v) is 5.32. The van der Waals surface area contributed by atoms with Gasteiger partial charge >= 0.3 is 5.56 Å². The van der Waals surface area contributed by atoms with E-state index in [-0.39, 0.29) is 34.5 Å². The average Bonchev–Trinajstić information content (AvgIpc) is 2.60. The molecule has 0 aliphatic carbocycles. The van der Waals surface area contributed by atoms with E-state index < -0.39 is 11.3 Å². The van der Waals surface area contributed by atoms with Crippen LogP contribution in [-0.2, 0) is 0 Å². The van der Waals surface area contributed by atoms with Crippen molar-refractivity contribution in [2.45, 2.75) is 26.2 Å². The highest BCUT2D eigenvalue weighted by molar-refractivity contribution is 6.09. The Morgan fingerprint density at radius 2 is 1.92 bits per heavy atom. The van der Waals surface area contributed by atoms with Crippen molar-refractivity contribution < 1.29 is 19.5 Å². The second kappa shape index (κ2) is 7.16. The summed E-state index contributed by atoms with van der Waals surface area (Å²) < 4.78 is 6.13. The molecule has 1 N–H and O–H groups in total. The molecule has 7 nitrogen and oxygen atoms in total. The van der Waals surface area contributed by atoms with E-state index in [1.54, 1.807) is 0 Å². The third-order valence-electron chi connectivity index (χ3n) is 3.83. The molecule has 0 unspecified atom stereocenters. The molecule has 24 heavy (non-hydrogen) atoms. The highest BCUT2D eigenvalue weighted by Gasteiger charge is 2.26. The van der Waals surface area contributed by atoms with Gasteiger partial charge in [0.05, 0.1) is 7.11 Å². The van der Waals surface area contributed by atoms with Crippen molar-refractivity contribution in [3.05, 3.63) is 51.6 Å². The second-order valence-electron chi connectivity index (χ2n) is 5.32. The van der Waals surface area contributed by atoms with Gasteiger partial charge in [0.25, 0.3) is 0 Å². The number of phenolic OH excluding ortho intramolecular Hbond substituents is 1. The first-order valence-corrected chi connectivity index (χ1v) is 7.53. The molecule has 128 valence electrons. The normalized spacial score (nSPS) is 11.8. The zero-order valence-electron chi connectivity index (χ0n) is 14.1. The summed E-state index contributed by atoms with van der Waals surface area (Å²) in [6.07, 6.45) is 0.709. The number of benzene rings is 1. The van der Waals surface area contributed by atoms with Gasteiger partial charge in [0.2, 0.25) is 11.7 Å². The van der Waals surface area contributed by atoms with Crippen LogP contribution < -0.4 is 15.1 Å². The number of methoxy groups -OCH3 is 1. The minimum atomic E-state index is -0.492. The maximum Gasteiger partial charge on any atom is 0.305 e. The molecular weight excluding hydrogens is 312 g/mol. The number of hydrogen-bond acceptors (Lipinski definition) is 6. The van der Waals surface area contributed by atoms with Crippen LogP contribution in [0.25, 0.3) is 0 Å². The van der Waals surface area contributed by atoms with Gasteiger partial charge in [-0.1, -0.05) is 13.8 Å². The summed E-state index contributed by atoms with van der Waals surface area (Å²) in [7, 11) is 2.68. The van der Waals surface area contributed by atoms with Gasteiger partial charge in [0, 0.05) is 11.5 Å². The highest BCUT2D eigenvalue weighted by Crippen LogP contribution is 2.22. The van der Waals surface area contributed by atoms with Crippen LogP contribution in [0.2, 0.25) is 0 Å². The zero-order chi connectivity index (χ0) is 17.9. The Hall–Kier alpha value is -2.83. The zero-order valence-corrected chi connectivity index (χ0v) is 14.1. The van der Waals surface area contributed by atoms with Crippen LogP contribution in [0, 0.1) is 0 Å². The molecule has 0 amide bonds. The Morgan fingerprint density at radius 3 is 2.42 bits per heavy atom. The number of aromatic nitrogens is 2. The Bertz CT molecular complexity index is 796. The molecule has 0 aliphatic heterocycles. The summed E-state index contributed by atoms with van der Waals surface area (Å²) in [5.41, 5.74) is -0.0367. The molecule has 2 rings (SSSR count). The van der Waals surface area contributed by atoms with E-state index in [1.165, 1.54) is 38.5 Å². The number of ether oxygens (including phenoxy) is 1. The molecule has 0 saturated heterocycles. The monoisotopic (exact) mass is 332 g/mol. The molecule has 0 radical (unpaired) electrons. The van der Waals surface area contributed by atoms with Crippen molar-refractivity contribution in [3.8, 4) is 11.6 Å². The van der Waals surface area contributed by atoms with E-state index in [4.69, 9.17) is 9.57 Å². The van der Waals surface area contributed by atoms with E-state index in [0.29, 0.717) is 6.42 Å². The molecule has 7 heteroatoms. The summed E-state index contributed by atoms with van der Waals surface area (Å²) in [5.74, 6) is -0.544. The van der Waals surface area contributed by atoms with Crippen LogP contribution in [0.4, 0.5) is 0 Å². The van der Waals surface area contributed by atoms with E-state index >= 15 is 0 Å². The van der Waals surface area contributed by atoms with Crippen LogP contribution in [0.1, 0.15) is 47.9 Å². The minimum Gasteiger partial charge on any atom is -0.508 e. The van der Waals surface area contributed by atoms with E-state index in [1.807, 2.05) is 13.8 Å². The topological polar surface area (TPSA) is 90.7 Å². The first-order valence-electron chi connectivity index (χ1n) is 7.53. The van der Waals surface area contributed by atoms with E-state index in [0.717, 1.165) is 4.73 Å². The van der Waals surface area contributed by atoms with Crippen LogP contribution >= 0.6 is 0 Å². The molecule has 0 saturated carbocycles. The molecule has 1 heterocycles. The number of rotatable bonds is 6. The summed E-state index contributed by atoms with van der Waals surface area (Å²) >= 11 is 0. The van der Waals surface area contributed by atoms with Crippen molar-refractivity contribution in [1.29, 1.82) is 0 Å². The Kier molecular flexibility index (Phi) is 5.23. The van der Waals surface area contributed by atoms with E-state index in [9.17, 15) is 14.7 Å². The third-order valence-corrected chi connectivity index (χ3v) is 3.83. The SMILES string of the molecule is CC[C@@H](C)c1nc(OC)c(C(=O)c2ccc(O)cc2)n(OC)c1=O. The number of carbonyl (C=O) groups excluding carboxylic acids is 1. The first-order chi connectivity index (χ1) is 11.4. The number of aromatic hydroxyl groups is 1. The third kappa shape index (κ3) is 3.10. The molecule has 0 bridgehead atoms. The largest absolute Gasteiger partial charge is 0.508 e. The molecule has 0 spiro atoms. The van der Waals surface area contributed by atoms with Crippen molar-refractivity contribution in [2.24, 2.45) is 0 Å². The van der Waals surface area contributed by atoms with Gasteiger partial charge in [-0.25, -0.2) is 4.98 Å². The minimum absolute atomic E-state index is 0.0184. The Morgan fingerprint density at radius 1 is 1.29 bits per heavy atom. The first kappa shape index (κ1) is 17.5. The molecular formula is C17H20N2O5. The fraction of sp³-hybridized carbons (Fsp3) is 0.353. The van der Waals surface area contributed by atoms with Crippen LogP contribution in [0.3, 0.4) is 0 Å². The van der Waals surface area contributed by atoms with Crippen LogP contribution in [0.5, 0.6) is 11.6 Å². The lowest BCUT2D eigenvalue weighted by atomic mass is 10.0. The van der Waals surface area contributed by atoms with Gasteiger partial charge in [0.1, 0.15) is 18.6 Å². The maximum absolute atomic E-state index is 12.8. The summed E-state index contributed by atoms with van der Waals surface area (Å²) in [6.45, 7) is 3.80. The summed E-state index contributed by atoms with van der Waals surface area (Å²) in [6, 6.07) is 5.67. The number of hydrogen-bond donors (Lipinski definition) is 1. The molecule has 1 aromatic carbocycles. The molecule has 1 atom stereocenters. The smallest absolute Gasteiger partial charge is 0.305 e. The predicted molar refractivity (Wildman–Crippen MR) is 87.8 cm³/mol. The number of carbonyl (C=O) groups is 1. The maximum atomic E-state index is 12.8. The molecule has 1 aromatic heterocycles. The standard InChI is InChI=1S/C17H20N2O5/c1-5-10(2)13-17(22)19(24-4)14(16(18-13)23-3)15(21)11-6-8-12(20)9-7-11/h6-10,20H,5H2,1-4H3/t10-/m1/s1. The van der Waals surface area contributed by atoms with Crippen molar-refractivity contribution in [3.63, 3.8) is 0 Å². The number of ketones is 1. The quantitative estimate of drug-likeness (QED) is 0.811. The van der Waals surface area contributed by atoms with Gasteiger partial charge in [-0.15, -0.1) is 4.73 Å². The van der Waals surface area contributed by atoms with Gasteiger partial charge in [-0.2, -0.15) is 0 Å². The van der Waals surface area contributed by atoms with Crippen LogP contribution in [0.15, 0.2) is 29.1 Å². The molecule has 0 aliphatic rings. The van der Waals surface area contributed by atoms with Gasteiger partial charge < -0.3 is 14.7 Å². The van der Waals surface area contributed by atoms with Gasteiger partial charge in [-0.05, 0) is 30.7 Å². The fourth-order valence-electron chi connectivity index (χ4n) is 2.27. The summed E-state index contributed by atoms with van der Waals surface area (Å²) in [5, 5.41) is 9.35. The van der Waals surface area contributed by atoms with Crippen molar-refractivity contribution in [2.75, 3.05) is 14.2 Å². The van der Waals surface area contributed by atoms with Crippen molar-refractivity contribution in [1.82, 2.24) is 9.71 Å². The van der Waals surface area contributed by atoms with Crippen LogP contribution in [-0.4, -0.2) is 34.8 Å². The Labute approximate surface area is 139 Å².